The number of hydrogen-bond donors (Lipinski definition) is 1. The molecule has 2 aromatic carbocycles. The fourth-order valence-corrected chi connectivity index (χ4v) is 4.07. The lowest BCUT2D eigenvalue weighted by molar-refractivity contribution is -0.858. The lowest BCUT2D eigenvalue weighted by Crippen LogP contribution is -3.05. The summed E-state index contributed by atoms with van der Waals surface area (Å²) in [5.74, 6) is -0.513. The van der Waals surface area contributed by atoms with E-state index in [0.717, 1.165) is 13.0 Å². The number of ketones is 1. The summed E-state index contributed by atoms with van der Waals surface area (Å²) in [6.07, 6.45) is 1.58. The summed E-state index contributed by atoms with van der Waals surface area (Å²) < 4.78 is 11.2. The van der Waals surface area contributed by atoms with Crippen molar-refractivity contribution in [1.29, 1.82) is 0 Å². The molecule has 3 rings (SSSR count). The Morgan fingerprint density at radius 2 is 1.76 bits per heavy atom. The van der Waals surface area contributed by atoms with Gasteiger partial charge in [0.15, 0.2) is 0 Å². The number of hydrogen-bond acceptors (Lipinski definition) is 5. The first-order valence-electron chi connectivity index (χ1n) is 11.9. The van der Waals surface area contributed by atoms with Gasteiger partial charge in [0.2, 0.25) is 5.78 Å². The molecule has 0 aliphatic carbocycles. The molecule has 0 bridgehead atoms. The summed E-state index contributed by atoms with van der Waals surface area (Å²) in [6.45, 7) is 6.21. The third kappa shape index (κ3) is 5.78. The highest BCUT2D eigenvalue weighted by Crippen LogP contribution is 2.39. The largest absolute Gasteiger partial charge is 0.872 e. The van der Waals surface area contributed by atoms with Crippen molar-refractivity contribution in [3.8, 4) is 11.5 Å². The predicted molar refractivity (Wildman–Crippen MR) is 129 cm³/mol. The Kier molecular flexibility index (Phi) is 8.71. The van der Waals surface area contributed by atoms with E-state index in [-0.39, 0.29) is 5.57 Å². The third-order valence-electron chi connectivity index (χ3n) is 5.68. The van der Waals surface area contributed by atoms with Gasteiger partial charge in [-0.25, -0.2) is 0 Å². The number of rotatable bonds is 11. The van der Waals surface area contributed by atoms with Gasteiger partial charge in [0.1, 0.15) is 11.5 Å². The van der Waals surface area contributed by atoms with Crippen molar-refractivity contribution in [2.24, 2.45) is 0 Å². The highest BCUT2D eigenvalue weighted by Gasteiger charge is 2.44. The Bertz CT molecular complexity index is 1030. The normalized spacial score (nSPS) is 17.4. The van der Waals surface area contributed by atoms with Gasteiger partial charge in [-0.1, -0.05) is 36.9 Å². The van der Waals surface area contributed by atoms with Crippen LogP contribution < -0.4 is 19.5 Å². The van der Waals surface area contributed by atoms with Gasteiger partial charge in [-0.05, 0) is 48.7 Å². The van der Waals surface area contributed by atoms with Gasteiger partial charge in [-0.2, -0.15) is 0 Å². The van der Waals surface area contributed by atoms with E-state index in [4.69, 9.17) is 9.47 Å². The van der Waals surface area contributed by atoms with Crippen LogP contribution in [0.5, 0.6) is 11.5 Å². The lowest BCUT2D eigenvalue weighted by Gasteiger charge is -2.28. The maximum absolute atomic E-state index is 13.5. The van der Waals surface area contributed by atoms with Crippen LogP contribution in [0, 0.1) is 0 Å². The molecular formula is C27H34N2O5. The van der Waals surface area contributed by atoms with Crippen molar-refractivity contribution in [2.75, 3.05) is 40.4 Å². The molecule has 0 aromatic heterocycles. The van der Waals surface area contributed by atoms with Crippen LogP contribution in [0.15, 0.2) is 54.1 Å². The second kappa shape index (κ2) is 11.7. The number of carbonyl (C=O) groups is 2. The summed E-state index contributed by atoms with van der Waals surface area (Å²) in [5, 5.41) is 13.5. The summed E-state index contributed by atoms with van der Waals surface area (Å²) >= 11 is 0. The Morgan fingerprint density at radius 3 is 2.41 bits per heavy atom. The SMILES string of the molecule is CCCOc1cccc(C2C(=C([O-])c3ccc(OCC)cc3)C(=O)C(=O)N2CCC[NH+](C)C)c1. The number of Topliss-reactive ketones (excluding diaryl/α,β-unsaturated/α-hetero) is 1. The molecule has 1 N–H and O–H groups in total. The van der Waals surface area contributed by atoms with Gasteiger partial charge < -0.3 is 24.4 Å². The number of nitrogens with zero attached hydrogens (tertiary/aromatic N) is 1. The molecule has 2 aromatic rings. The van der Waals surface area contributed by atoms with E-state index in [1.807, 2.05) is 52.2 Å². The second-order valence-corrected chi connectivity index (χ2v) is 8.66. The van der Waals surface area contributed by atoms with Crippen molar-refractivity contribution in [3.63, 3.8) is 0 Å². The van der Waals surface area contributed by atoms with E-state index in [1.54, 1.807) is 24.3 Å². The smallest absolute Gasteiger partial charge is 0.295 e. The average molecular weight is 467 g/mol. The van der Waals surface area contributed by atoms with Gasteiger partial charge >= 0.3 is 0 Å². The monoisotopic (exact) mass is 466 g/mol. The summed E-state index contributed by atoms with van der Waals surface area (Å²) in [7, 11) is 4.08. The number of ether oxygens (including phenoxy) is 2. The number of benzene rings is 2. The molecule has 1 atom stereocenters. The Labute approximate surface area is 201 Å². The zero-order valence-corrected chi connectivity index (χ0v) is 20.4. The standard InChI is InChI=1S/C27H34N2O5/c1-5-17-34-22-10-7-9-20(18-22)24-23(25(30)19-11-13-21(14-12-19)33-6-2)26(31)27(32)29(24)16-8-15-28(3)4/h7,9-14,18,24,30H,5-6,8,15-17H2,1-4H3. The molecule has 1 fully saturated rings. The fraction of sp³-hybridized carbons (Fsp3) is 0.407. The Morgan fingerprint density at radius 1 is 1.03 bits per heavy atom. The third-order valence-corrected chi connectivity index (χ3v) is 5.68. The van der Waals surface area contributed by atoms with E-state index < -0.39 is 23.5 Å². The number of likely N-dealkylation sites (tertiary alicyclic amines) is 1. The van der Waals surface area contributed by atoms with Crippen LogP contribution in [0.2, 0.25) is 0 Å². The van der Waals surface area contributed by atoms with Gasteiger partial charge in [0.05, 0.1) is 39.9 Å². The molecule has 0 spiro atoms. The van der Waals surface area contributed by atoms with Crippen molar-refractivity contribution in [2.45, 2.75) is 32.7 Å². The number of quaternary nitrogens is 1. The van der Waals surface area contributed by atoms with Crippen LogP contribution in [0.3, 0.4) is 0 Å². The molecule has 182 valence electrons. The maximum Gasteiger partial charge on any atom is 0.295 e. The van der Waals surface area contributed by atoms with Crippen molar-refractivity contribution < 1.29 is 29.1 Å². The molecule has 0 saturated carbocycles. The quantitative estimate of drug-likeness (QED) is 0.309. The van der Waals surface area contributed by atoms with Crippen LogP contribution in [-0.4, -0.2) is 57.0 Å². The van der Waals surface area contributed by atoms with E-state index in [9.17, 15) is 14.7 Å². The van der Waals surface area contributed by atoms with Crippen LogP contribution >= 0.6 is 0 Å². The van der Waals surface area contributed by atoms with Crippen molar-refractivity contribution in [1.82, 2.24) is 4.90 Å². The van der Waals surface area contributed by atoms with Crippen LogP contribution in [0.4, 0.5) is 0 Å². The molecule has 1 unspecified atom stereocenters. The molecule has 1 amide bonds. The molecule has 1 heterocycles. The van der Waals surface area contributed by atoms with Crippen molar-refractivity contribution in [3.05, 3.63) is 65.2 Å². The Hall–Kier alpha value is -3.32. The molecule has 34 heavy (non-hydrogen) atoms. The van der Waals surface area contributed by atoms with Crippen molar-refractivity contribution >= 4 is 17.4 Å². The first-order chi connectivity index (χ1) is 16.4. The lowest BCUT2D eigenvalue weighted by atomic mass is 9.95. The first-order valence-corrected chi connectivity index (χ1v) is 11.9. The van der Waals surface area contributed by atoms with Gasteiger partial charge in [-0.15, -0.1) is 0 Å². The van der Waals surface area contributed by atoms with Gasteiger partial charge in [-0.3, -0.25) is 9.59 Å². The zero-order valence-electron chi connectivity index (χ0n) is 20.4. The highest BCUT2D eigenvalue weighted by molar-refractivity contribution is 6.46. The molecule has 7 heteroatoms. The molecular weight excluding hydrogens is 432 g/mol. The van der Waals surface area contributed by atoms with Crippen LogP contribution in [0.1, 0.15) is 43.9 Å². The first kappa shape index (κ1) is 25.3. The summed E-state index contributed by atoms with van der Waals surface area (Å²) in [6, 6.07) is 13.2. The summed E-state index contributed by atoms with van der Waals surface area (Å²) in [5.41, 5.74) is 1.03. The molecule has 0 radical (unpaired) electrons. The van der Waals surface area contributed by atoms with E-state index in [1.165, 1.54) is 9.80 Å². The predicted octanol–water partition coefficient (Wildman–Crippen LogP) is 1.63. The second-order valence-electron chi connectivity index (χ2n) is 8.66. The Balaban J connectivity index is 2.05. The van der Waals surface area contributed by atoms with Gasteiger partial charge in [0.25, 0.3) is 5.91 Å². The highest BCUT2D eigenvalue weighted by atomic mass is 16.5. The molecule has 1 aliphatic heterocycles. The molecule has 1 aliphatic rings. The van der Waals surface area contributed by atoms with Gasteiger partial charge in [0, 0.05) is 18.5 Å². The number of carbonyl (C=O) groups excluding carboxylic acids is 2. The minimum absolute atomic E-state index is 0.0148. The number of nitrogens with one attached hydrogen (secondary N) is 1. The van der Waals surface area contributed by atoms with E-state index >= 15 is 0 Å². The fourth-order valence-electron chi connectivity index (χ4n) is 4.07. The van der Waals surface area contributed by atoms with E-state index in [2.05, 4.69) is 0 Å². The molecule has 1 saturated heterocycles. The minimum atomic E-state index is -0.749. The van der Waals surface area contributed by atoms with Crippen LogP contribution in [-0.2, 0) is 9.59 Å². The van der Waals surface area contributed by atoms with Crippen LogP contribution in [0.25, 0.3) is 5.76 Å². The zero-order chi connectivity index (χ0) is 24.7. The minimum Gasteiger partial charge on any atom is -0.872 e. The number of amides is 1. The average Bonchev–Trinajstić information content (AvgIpc) is 3.08. The topological polar surface area (TPSA) is 83.3 Å². The summed E-state index contributed by atoms with van der Waals surface area (Å²) in [4.78, 5) is 29.0. The van der Waals surface area contributed by atoms with E-state index in [0.29, 0.717) is 48.8 Å². The maximum atomic E-state index is 13.5. The molecule has 7 nitrogen and oxygen atoms in total.